The molecule has 1 atom stereocenters. The van der Waals surface area contributed by atoms with Crippen molar-refractivity contribution >= 4 is 16.9 Å². The van der Waals surface area contributed by atoms with Gasteiger partial charge in [0.2, 0.25) is 0 Å². The molecule has 25 heavy (non-hydrogen) atoms. The maximum Gasteiger partial charge on any atom is 0.271 e. The van der Waals surface area contributed by atoms with Gasteiger partial charge in [0.1, 0.15) is 22.9 Å². The van der Waals surface area contributed by atoms with Crippen molar-refractivity contribution in [3.05, 3.63) is 71.6 Å². The first-order chi connectivity index (χ1) is 11.9. The van der Waals surface area contributed by atoms with Crippen LogP contribution < -0.4 is 5.32 Å². The number of carbonyl (C=O) groups excluding carboxylic acids is 1. The van der Waals surface area contributed by atoms with Crippen molar-refractivity contribution in [2.45, 2.75) is 12.5 Å². The molecule has 3 aromatic rings. The van der Waals surface area contributed by atoms with Crippen LogP contribution in [0.3, 0.4) is 0 Å². The van der Waals surface area contributed by atoms with E-state index in [9.17, 15) is 18.7 Å². The van der Waals surface area contributed by atoms with E-state index in [4.69, 9.17) is 0 Å². The van der Waals surface area contributed by atoms with Gasteiger partial charge in [-0.3, -0.25) is 9.78 Å². The van der Waals surface area contributed by atoms with E-state index in [-0.39, 0.29) is 17.8 Å². The van der Waals surface area contributed by atoms with Crippen molar-refractivity contribution in [1.82, 2.24) is 15.3 Å². The molecular formula is C18H15F2N3O2. The lowest BCUT2D eigenvalue weighted by molar-refractivity contribution is 0.0493. The molecule has 0 saturated heterocycles. The van der Waals surface area contributed by atoms with Crippen LogP contribution in [0.25, 0.3) is 11.0 Å². The van der Waals surface area contributed by atoms with Gasteiger partial charge < -0.3 is 10.4 Å². The second kappa shape index (κ2) is 6.52. The molecule has 1 aromatic heterocycles. The average molecular weight is 343 g/mol. The fourth-order valence-corrected chi connectivity index (χ4v) is 2.43. The molecule has 0 aliphatic rings. The fraction of sp³-hybridized carbons (Fsp3) is 0.167. The van der Waals surface area contributed by atoms with Crippen LogP contribution in [-0.4, -0.2) is 27.5 Å². The monoisotopic (exact) mass is 343 g/mol. The predicted molar refractivity (Wildman–Crippen MR) is 87.8 cm³/mol. The molecule has 128 valence electrons. The van der Waals surface area contributed by atoms with Gasteiger partial charge in [0, 0.05) is 11.6 Å². The van der Waals surface area contributed by atoms with E-state index in [0.29, 0.717) is 17.1 Å². The minimum atomic E-state index is -1.71. The number of nitrogens with zero attached hydrogens (tertiary/aromatic N) is 2. The third kappa shape index (κ3) is 3.61. The van der Waals surface area contributed by atoms with Crippen molar-refractivity contribution < 1.29 is 18.7 Å². The first kappa shape index (κ1) is 16.9. The number of aliphatic hydroxyl groups is 1. The summed E-state index contributed by atoms with van der Waals surface area (Å²) in [5.74, 6) is -2.18. The van der Waals surface area contributed by atoms with E-state index < -0.39 is 23.1 Å². The van der Waals surface area contributed by atoms with Crippen LogP contribution in [0.1, 0.15) is 23.0 Å². The Morgan fingerprint density at radius 1 is 1.20 bits per heavy atom. The highest BCUT2D eigenvalue weighted by Gasteiger charge is 2.28. The molecule has 1 unspecified atom stereocenters. The molecule has 0 fully saturated rings. The van der Waals surface area contributed by atoms with Crippen molar-refractivity contribution in [3.8, 4) is 0 Å². The van der Waals surface area contributed by atoms with Gasteiger partial charge in [-0.2, -0.15) is 0 Å². The van der Waals surface area contributed by atoms with Crippen molar-refractivity contribution in [3.63, 3.8) is 0 Å². The third-order valence-electron chi connectivity index (χ3n) is 3.79. The molecule has 2 N–H and O–H groups in total. The SMILES string of the molecule is CC(O)(CNC(=O)c1cnc2ccccc2n1)c1ccc(F)cc1F. The van der Waals surface area contributed by atoms with Crippen molar-refractivity contribution in [1.29, 1.82) is 0 Å². The minimum Gasteiger partial charge on any atom is -0.383 e. The maximum atomic E-state index is 13.8. The van der Waals surface area contributed by atoms with Crippen LogP contribution >= 0.6 is 0 Å². The molecule has 1 amide bonds. The van der Waals surface area contributed by atoms with Gasteiger partial charge in [-0.25, -0.2) is 13.8 Å². The predicted octanol–water partition coefficient (Wildman–Crippen LogP) is 2.55. The second-order valence-corrected chi connectivity index (χ2v) is 5.82. The zero-order valence-electron chi connectivity index (χ0n) is 13.3. The molecule has 5 nitrogen and oxygen atoms in total. The van der Waals surface area contributed by atoms with Crippen molar-refractivity contribution in [2.75, 3.05) is 6.54 Å². The van der Waals surface area contributed by atoms with E-state index in [1.54, 1.807) is 18.2 Å². The molecule has 2 aromatic carbocycles. The molecule has 3 rings (SSSR count). The van der Waals surface area contributed by atoms with E-state index in [0.717, 1.165) is 12.1 Å². The Kier molecular flexibility index (Phi) is 4.41. The van der Waals surface area contributed by atoms with E-state index >= 15 is 0 Å². The van der Waals surface area contributed by atoms with Gasteiger partial charge in [0.15, 0.2) is 0 Å². The summed E-state index contributed by atoms with van der Waals surface area (Å²) in [4.78, 5) is 20.6. The molecule has 0 bridgehead atoms. The van der Waals surface area contributed by atoms with Crippen LogP contribution in [-0.2, 0) is 5.60 Å². The van der Waals surface area contributed by atoms with Crippen LogP contribution in [0, 0.1) is 11.6 Å². The normalized spacial score (nSPS) is 13.4. The standard InChI is InChI=1S/C18H15F2N3O2/c1-18(25,12-7-6-11(19)8-13(12)20)10-22-17(24)16-9-21-14-4-2-3-5-15(14)23-16/h2-9,25H,10H2,1H3,(H,22,24). The smallest absolute Gasteiger partial charge is 0.271 e. The minimum absolute atomic E-state index is 0.0779. The first-order valence-corrected chi connectivity index (χ1v) is 7.55. The van der Waals surface area contributed by atoms with Crippen LogP contribution in [0.2, 0.25) is 0 Å². The molecular weight excluding hydrogens is 328 g/mol. The Morgan fingerprint density at radius 2 is 1.92 bits per heavy atom. The van der Waals surface area contributed by atoms with Gasteiger partial charge in [-0.05, 0) is 25.1 Å². The first-order valence-electron chi connectivity index (χ1n) is 7.55. The third-order valence-corrected chi connectivity index (χ3v) is 3.79. The van der Waals surface area contributed by atoms with E-state index in [1.165, 1.54) is 13.1 Å². The molecule has 0 radical (unpaired) electrons. The second-order valence-electron chi connectivity index (χ2n) is 5.82. The number of rotatable bonds is 4. The zero-order valence-corrected chi connectivity index (χ0v) is 13.3. The highest BCUT2D eigenvalue weighted by atomic mass is 19.1. The number of aromatic nitrogens is 2. The number of hydrogen-bond donors (Lipinski definition) is 2. The number of para-hydroxylation sites is 2. The lowest BCUT2D eigenvalue weighted by Crippen LogP contribution is -2.39. The Bertz CT molecular complexity index is 945. The van der Waals surface area contributed by atoms with Gasteiger partial charge in [0.25, 0.3) is 5.91 Å². The summed E-state index contributed by atoms with van der Waals surface area (Å²) in [6, 6.07) is 9.96. The summed E-state index contributed by atoms with van der Waals surface area (Å²) in [5, 5.41) is 12.9. The Hall–Kier alpha value is -2.93. The average Bonchev–Trinajstić information content (AvgIpc) is 2.59. The van der Waals surface area contributed by atoms with Gasteiger partial charge in [-0.1, -0.05) is 18.2 Å². The number of carbonyl (C=O) groups is 1. The number of benzene rings is 2. The molecule has 1 heterocycles. The quantitative estimate of drug-likeness (QED) is 0.763. The van der Waals surface area contributed by atoms with Crippen LogP contribution in [0.5, 0.6) is 0 Å². The highest BCUT2D eigenvalue weighted by Crippen LogP contribution is 2.23. The van der Waals surface area contributed by atoms with Gasteiger partial charge in [-0.15, -0.1) is 0 Å². The summed E-state index contributed by atoms with van der Waals surface area (Å²) in [5.41, 5.74) is -0.531. The zero-order chi connectivity index (χ0) is 18.0. The van der Waals surface area contributed by atoms with Crippen LogP contribution in [0.4, 0.5) is 8.78 Å². The lowest BCUT2D eigenvalue weighted by Gasteiger charge is -2.24. The number of nitrogens with one attached hydrogen (secondary N) is 1. The number of hydrogen-bond acceptors (Lipinski definition) is 4. The summed E-state index contributed by atoms with van der Waals surface area (Å²) in [6.45, 7) is 1.05. The number of halogens is 2. The van der Waals surface area contributed by atoms with Gasteiger partial charge >= 0.3 is 0 Å². The molecule has 0 saturated carbocycles. The fourth-order valence-electron chi connectivity index (χ4n) is 2.43. The van der Waals surface area contributed by atoms with Crippen molar-refractivity contribution in [2.24, 2.45) is 0 Å². The molecule has 7 heteroatoms. The lowest BCUT2D eigenvalue weighted by atomic mass is 9.95. The maximum absolute atomic E-state index is 13.8. The van der Waals surface area contributed by atoms with E-state index in [1.807, 2.05) is 6.07 Å². The van der Waals surface area contributed by atoms with E-state index in [2.05, 4.69) is 15.3 Å². The Balaban J connectivity index is 1.75. The topological polar surface area (TPSA) is 75.1 Å². The highest BCUT2D eigenvalue weighted by molar-refractivity contribution is 5.93. The molecule has 0 aliphatic carbocycles. The Labute approximate surface area is 142 Å². The molecule has 0 spiro atoms. The molecule has 0 aliphatic heterocycles. The number of amides is 1. The summed E-state index contributed by atoms with van der Waals surface area (Å²) in [7, 11) is 0. The van der Waals surface area contributed by atoms with Crippen LogP contribution in [0.15, 0.2) is 48.7 Å². The summed E-state index contributed by atoms with van der Waals surface area (Å²) < 4.78 is 26.8. The number of fused-ring (bicyclic) bond motifs is 1. The van der Waals surface area contributed by atoms with Gasteiger partial charge in [0.05, 0.1) is 23.8 Å². The summed E-state index contributed by atoms with van der Waals surface area (Å²) >= 11 is 0. The Morgan fingerprint density at radius 3 is 2.64 bits per heavy atom. The largest absolute Gasteiger partial charge is 0.383 e. The summed E-state index contributed by atoms with van der Waals surface area (Å²) in [6.07, 6.45) is 1.32.